The quantitative estimate of drug-likeness (QED) is 0.442. The maximum atomic E-state index is 14.7. The van der Waals surface area contributed by atoms with E-state index in [2.05, 4.69) is 0 Å². The third-order valence-electron chi connectivity index (χ3n) is 5.50. The summed E-state index contributed by atoms with van der Waals surface area (Å²) in [4.78, 5) is 0.0248. The van der Waals surface area contributed by atoms with E-state index in [4.69, 9.17) is 20.9 Å². The van der Waals surface area contributed by atoms with Gasteiger partial charge in [0.15, 0.2) is 0 Å². The summed E-state index contributed by atoms with van der Waals surface area (Å²) < 4.78 is 55.0. The normalized spacial score (nSPS) is 21.0. The minimum Gasteiger partial charge on any atom is -0.496 e. The zero-order valence-electron chi connectivity index (χ0n) is 18.1. The monoisotopic (exact) mass is 491 g/mol. The van der Waals surface area contributed by atoms with Crippen LogP contribution in [0.3, 0.4) is 0 Å². The zero-order valence-corrected chi connectivity index (χ0v) is 20.5. The van der Waals surface area contributed by atoms with Crippen LogP contribution in [0.25, 0.3) is 0 Å². The van der Waals surface area contributed by atoms with Crippen LogP contribution in [0, 0.1) is 13.8 Å². The number of ether oxygens (including phenoxy) is 1. The average molecular weight is 492 g/mol. The first-order valence-electron chi connectivity index (χ1n) is 9.94. The van der Waals surface area contributed by atoms with E-state index < -0.39 is 23.6 Å². The molecule has 0 aromatic heterocycles. The Morgan fingerprint density at radius 3 is 2.41 bits per heavy atom. The van der Waals surface area contributed by atoms with Crippen molar-refractivity contribution in [1.82, 2.24) is 4.08 Å². The summed E-state index contributed by atoms with van der Waals surface area (Å²) in [5.74, 6) is 0.618. The summed E-state index contributed by atoms with van der Waals surface area (Å²) in [5, 5.41) is 0.641. The van der Waals surface area contributed by atoms with Gasteiger partial charge in [0.1, 0.15) is 16.8 Å². The van der Waals surface area contributed by atoms with E-state index in [9.17, 15) is 13.0 Å². The number of halogens is 1. The van der Waals surface area contributed by atoms with Gasteiger partial charge in [0.25, 0.3) is 10.0 Å². The van der Waals surface area contributed by atoms with E-state index in [1.54, 1.807) is 62.4 Å². The molecule has 1 aliphatic rings. The summed E-state index contributed by atoms with van der Waals surface area (Å²) in [7, 11) is -6.98. The molecule has 0 radical (unpaired) electrons. The summed E-state index contributed by atoms with van der Waals surface area (Å²) in [6.07, 6.45) is 0. The predicted octanol–water partition coefficient (Wildman–Crippen LogP) is 5.63. The number of fused-ring (bicyclic) bond motifs is 1. The maximum Gasteiger partial charge on any atom is 0.367 e. The SMILES string of the molecule is COc1cccc(C)c1[P@@]1(=O)Oc2ccc(Cl)cc2[C@@H](C)N1S(=O)(=O)c1ccc(C)cc1. The number of hydrogen-bond donors (Lipinski definition) is 0. The van der Waals surface area contributed by atoms with Crippen LogP contribution in [0.5, 0.6) is 11.5 Å². The average Bonchev–Trinajstić information content (AvgIpc) is 2.74. The standard InChI is InChI=1S/C23H23ClNO5PS/c1-15-8-11-19(12-9-15)32(27,28)25-17(3)20-14-18(24)10-13-21(20)30-31(25,26)23-16(2)6-5-7-22(23)29-4/h5-14,17H,1-4H3/t17-,31-/m1/s1. The van der Waals surface area contributed by atoms with Crippen LogP contribution < -0.4 is 14.6 Å². The smallest absolute Gasteiger partial charge is 0.367 e. The fourth-order valence-corrected chi connectivity index (χ4v) is 9.43. The van der Waals surface area contributed by atoms with Crippen LogP contribution in [0.2, 0.25) is 5.02 Å². The highest BCUT2D eigenvalue weighted by Crippen LogP contribution is 2.63. The van der Waals surface area contributed by atoms with Gasteiger partial charge in [0, 0.05) is 10.6 Å². The lowest BCUT2D eigenvalue weighted by atomic mass is 10.1. The molecule has 4 rings (SSSR count). The first-order valence-corrected chi connectivity index (χ1v) is 13.3. The lowest BCUT2D eigenvalue weighted by molar-refractivity contribution is 0.362. The predicted molar refractivity (Wildman–Crippen MR) is 126 cm³/mol. The van der Waals surface area contributed by atoms with E-state index in [0.717, 1.165) is 9.64 Å². The molecule has 0 aliphatic carbocycles. The molecule has 2 atom stereocenters. The fraction of sp³-hybridized carbons (Fsp3) is 0.217. The van der Waals surface area contributed by atoms with E-state index in [1.807, 2.05) is 6.92 Å². The molecule has 1 aliphatic heterocycles. The number of hydrogen-bond acceptors (Lipinski definition) is 5. The van der Waals surface area contributed by atoms with Crippen molar-refractivity contribution in [1.29, 1.82) is 0 Å². The molecular weight excluding hydrogens is 469 g/mol. The van der Waals surface area contributed by atoms with Gasteiger partial charge < -0.3 is 9.26 Å². The van der Waals surface area contributed by atoms with Crippen molar-refractivity contribution in [2.24, 2.45) is 0 Å². The molecule has 0 bridgehead atoms. The van der Waals surface area contributed by atoms with E-state index in [1.165, 1.54) is 19.2 Å². The Balaban J connectivity index is 2.04. The van der Waals surface area contributed by atoms with Crippen LogP contribution in [-0.4, -0.2) is 19.6 Å². The van der Waals surface area contributed by atoms with Gasteiger partial charge in [-0.2, -0.15) is 0 Å². The van der Waals surface area contributed by atoms with Gasteiger partial charge in [-0.3, -0.25) is 4.57 Å². The van der Waals surface area contributed by atoms with Crippen molar-refractivity contribution >= 4 is 34.4 Å². The lowest BCUT2D eigenvalue weighted by Gasteiger charge is -2.40. The van der Waals surface area contributed by atoms with Crippen molar-refractivity contribution in [3.05, 3.63) is 82.4 Å². The van der Waals surface area contributed by atoms with Crippen LogP contribution >= 0.6 is 19.1 Å². The van der Waals surface area contributed by atoms with Gasteiger partial charge in [-0.05, 0) is 62.7 Å². The molecule has 0 N–H and O–H groups in total. The van der Waals surface area contributed by atoms with Gasteiger partial charge in [0.05, 0.1) is 18.0 Å². The molecule has 32 heavy (non-hydrogen) atoms. The summed E-state index contributed by atoms with van der Waals surface area (Å²) >= 11 is 6.19. The second kappa shape index (κ2) is 8.23. The maximum absolute atomic E-state index is 14.7. The molecular formula is C23H23ClNO5PS. The van der Waals surface area contributed by atoms with Crippen molar-refractivity contribution in [3.8, 4) is 11.5 Å². The molecule has 168 valence electrons. The van der Waals surface area contributed by atoms with Gasteiger partial charge in [-0.1, -0.05) is 41.4 Å². The molecule has 6 nitrogen and oxygen atoms in total. The van der Waals surface area contributed by atoms with E-state index in [-0.39, 0.29) is 10.2 Å². The molecule has 0 saturated heterocycles. The van der Waals surface area contributed by atoms with Crippen LogP contribution in [0.1, 0.15) is 29.7 Å². The summed E-state index contributed by atoms with van der Waals surface area (Å²) in [6, 6.07) is 15.6. The van der Waals surface area contributed by atoms with Gasteiger partial charge in [-0.25, -0.2) is 8.42 Å². The third-order valence-corrected chi connectivity index (χ3v) is 11.2. The largest absolute Gasteiger partial charge is 0.496 e. The molecule has 1 heterocycles. The van der Waals surface area contributed by atoms with Crippen molar-refractivity contribution in [3.63, 3.8) is 0 Å². The lowest BCUT2D eigenvalue weighted by Crippen LogP contribution is -2.40. The van der Waals surface area contributed by atoms with Crippen LogP contribution in [-0.2, 0) is 14.6 Å². The highest BCUT2D eigenvalue weighted by atomic mass is 35.5. The minimum atomic E-state index is -4.23. The Labute approximate surface area is 193 Å². The third kappa shape index (κ3) is 3.63. The summed E-state index contributed by atoms with van der Waals surface area (Å²) in [5.41, 5.74) is 2.04. The molecule has 0 fully saturated rings. The molecule has 0 unspecified atom stereocenters. The van der Waals surface area contributed by atoms with Crippen molar-refractivity contribution in [2.45, 2.75) is 31.7 Å². The first-order chi connectivity index (χ1) is 15.1. The number of sulfonamides is 1. The molecule has 0 spiro atoms. The van der Waals surface area contributed by atoms with Crippen molar-refractivity contribution in [2.75, 3.05) is 7.11 Å². The topological polar surface area (TPSA) is 72.9 Å². The molecule has 3 aromatic rings. The molecule has 0 amide bonds. The Morgan fingerprint density at radius 2 is 1.75 bits per heavy atom. The van der Waals surface area contributed by atoms with Gasteiger partial charge in [0.2, 0.25) is 0 Å². The van der Waals surface area contributed by atoms with Crippen molar-refractivity contribution < 1.29 is 22.2 Å². The highest BCUT2D eigenvalue weighted by molar-refractivity contribution is 7.96. The Bertz CT molecular complexity index is 1340. The Hall–Kier alpha value is -2.31. The minimum absolute atomic E-state index is 0.0248. The number of benzene rings is 3. The molecule has 3 aromatic carbocycles. The van der Waals surface area contributed by atoms with Gasteiger partial charge >= 0.3 is 7.52 Å². The van der Waals surface area contributed by atoms with Gasteiger partial charge in [-0.15, -0.1) is 4.08 Å². The Morgan fingerprint density at radius 1 is 1.06 bits per heavy atom. The molecule has 9 heteroatoms. The fourth-order valence-electron chi connectivity index (χ4n) is 3.92. The molecule has 0 saturated carbocycles. The Kier molecular flexibility index (Phi) is 5.88. The second-order valence-electron chi connectivity index (χ2n) is 7.69. The number of methoxy groups -OCH3 is 1. The van der Waals surface area contributed by atoms with E-state index in [0.29, 0.717) is 27.6 Å². The van der Waals surface area contributed by atoms with Crippen LogP contribution in [0.15, 0.2) is 65.6 Å². The zero-order chi connectivity index (χ0) is 23.3. The number of aryl methyl sites for hydroxylation is 2. The first kappa shape index (κ1) is 22.9. The number of nitrogens with zero attached hydrogens (tertiary/aromatic N) is 1. The number of rotatable bonds is 4. The summed E-state index contributed by atoms with van der Waals surface area (Å²) in [6.45, 7) is 5.30. The highest BCUT2D eigenvalue weighted by Gasteiger charge is 2.53. The second-order valence-corrected chi connectivity index (χ2v) is 12.3. The van der Waals surface area contributed by atoms with E-state index >= 15 is 0 Å². The van der Waals surface area contributed by atoms with Crippen LogP contribution in [0.4, 0.5) is 0 Å².